The zero-order valence-corrected chi connectivity index (χ0v) is 16.1. The number of sulfonamides is 1. The molecule has 138 valence electrons. The number of carbonyl (C=O) groups excluding carboxylic acids is 1. The molecule has 3 aromatic rings. The quantitative estimate of drug-likeness (QED) is 0.718. The monoisotopic (exact) mass is 398 g/mol. The highest BCUT2D eigenvalue weighted by atomic mass is 32.2. The van der Waals surface area contributed by atoms with Crippen molar-refractivity contribution < 1.29 is 13.2 Å². The fraction of sp³-hybridized carbons (Fsp3) is 0.150. The Bertz CT molecular complexity index is 1060. The number of carbonyl (C=O) groups is 1. The second-order valence-electron chi connectivity index (χ2n) is 6.30. The molecule has 1 aromatic heterocycles. The summed E-state index contributed by atoms with van der Waals surface area (Å²) in [5.41, 5.74) is 3.10. The minimum Gasteiger partial charge on any atom is -0.308 e. The maximum absolute atomic E-state index is 12.9. The number of para-hydroxylation sites is 1. The van der Waals surface area contributed by atoms with Crippen molar-refractivity contribution in [1.82, 2.24) is 0 Å². The molecule has 5 nitrogen and oxygen atoms in total. The summed E-state index contributed by atoms with van der Waals surface area (Å²) in [6, 6.07) is 17.7. The summed E-state index contributed by atoms with van der Waals surface area (Å²) in [5.74, 6) is -0.0742. The Kier molecular flexibility index (Phi) is 4.72. The summed E-state index contributed by atoms with van der Waals surface area (Å²) in [5, 5.41) is 1.72. The van der Waals surface area contributed by atoms with Crippen LogP contribution in [0.1, 0.15) is 22.3 Å². The van der Waals surface area contributed by atoms with E-state index in [1.165, 1.54) is 5.56 Å². The number of hydrogen-bond acceptors (Lipinski definition) is 4. The number of rotatable bonds is 4. The molecular weight excluding hydrogens is 380 g/mol. The van der Waals surface area contributed by atoms with Gasteiger partial charge >= 0.3 is 0 Å². The van der Waals surface area contributed by atoms with Gasteiger partial charge in [-0.1, -0.05) is 24.3 Å². The normalized spacial score (nSPS) is 13.9. The van der Waals surface area contributed by atoms with Gasteiger partial charge in [0.2, 0.25) is 0 Å². The van der Waals surface area contributed by atoms with Crippen LogP contribution in [0.15, 0.2) is 70.3 Å². The number of thiophene rings is 1. The maximum Gasteiger partial charge on any atom is 0.271 e. The van der Waals surface area contributed by atoms with Crippen LogP contribution in [0.25, 0.3) is 0 Å². The van der Waals surface area contributed by atoms with Crippen LogP contribution in [-0.4, -0.2) is 20.9 Å². The van der Waals surface area contributed by atoms with Gasteiger partial charge < -0.3 is 4.90 Å². The lowest BCUT2D eigenvalue weighted by molar-refractivity contribution is 0.0985. The van der Waals surface area contributed by atoms with Crippen molar-refractivity contribution in [2.45, 2.75) is 17.1 Å². The smallest absolute Gasteiger partial charge is 0.271 e. The van der Waals surface area contributed by atoms with Crippen LogP contribution < -0.4 is 9.62 Å². The molecule has 0 saturated carbocycles. The van der Waals surface area contributed by atoms with Crippen LogP contribution in [-0.2, 0) is 16.4 Å². The number of hydrogen-bond donors (Lipinski definition) is 1. The van der Waals surface area contributed by atoms with Gasteiger partial charge in [0.25, 0.3) is 15.9 Å². The van der Waals surface area contributed by atoms with Crippen molar-refractivity contribution >= 4 is 38.6 Å². The standard InChI is InChI=1S/C20H18N2O3S2/c23-20(22-13-3-6-15-5-1-2-7-18(15)22)16-9-11-17(12-10-16)21-27(24,25)19-8-4-14-26-19/h1-2,4-5,7-12,14,21H,3,6,13H2. The summed E-state index contributed by atoms with van der Waals surface area (Å²) >= 11 is 1.16. The number of anilines is 2. The van der Waals surface area contributed by atoms with Crippen molar-refractivity contribution in [2.75, 3.05) is 16.2 Å². The van der Waals surface area contributed by atoms with Crippen LogP contribution in [0.2, 0.25) is 0 Å². The first-order valence-corrected chi connectivity index (χ1v) is 11.0. The van der Waals surface area contributed by atoms with Crippen LogP contribution >= 0.6 is 11.3 Å². The van der Waals surface area contributed by atoms with Gasteiger partial charge in [0.1, 0.15) is 4.21 Å². The minimum atomic E-state index is -3.59. The second-order valence-corrected chi connectivity index (χ2v) is 9.16. The van der Waals surface area contributed by atoms with E-state index in [-0.39, 0.29) is 10.1 Å². The van der Waals surface area contributed by atoms with Crippen molar-refractivity contribution in [3.63, 3.8) is 0 Å². The summed E-state index contributed by atoms with van der Waals surface area (Å²) in [6.45, 7) is 0.683. The summed E-state index contributed by atoms with van der Waals surface area (Å²) in [6.07, 6.45) is 1.91. The van der Waals surface area contributed by atoms with E-state index >= 15 is 0 Å². The van der Waals surface area contributed by atoms with E-state index in [2.05, 4.69) is 10.8 Å². The molecule has 0 bridgehead atoms. The zero-order valence-electron chi connectivity index (χ0n) is 14.5. The lowest BCUT2D eigenvalue weighted by Gasteiger charge is -2.29. The number of benzene rings is 2. The number of aryl methyl sites for hydroxylation is 1. The topological polar surface area (TPSA) is 66.5 Å². The predicted molar refractivity (Wildman–Crippen MR) is 108 cm³/mol. The molecule has 0 radical (unpaired) electrons. The molecule has 1 aliphatic heterocycles. The summed E-state index contributed by atoms with van der Waals surface area (Å²) in [4.78, 5) is 14.7. The molecule has 1 amide bonds. The lowest BCUT2D eigenvalue weighted by Crippen LogP contribution is -2.35. The molecule has 0 atom stereocenters. The highest BCUT2D eigenvalue weighted by Gasteiger charge is 2.23. The fourth-order valence-electron chi connectivity index (χ4n) is 3.20. The van der Waals surface area contributed by atoms with E-state index in [4.69, 9.17) is 0 Å². The average molecular weight is 399 g/mol. The SMILES string of the molecule is O=C(c1ccc(NS(=O)(=O)c2cccs2)cc1)N1CCCc2ccccc21. The van der Waals surface area contributed by atoms with E-state index in [1.54, 1.807) is 46.7 Å². The Morgan fingerprint density at radius 1 is 1.00 bits per heavy atom. The minimum absolute atomic E-state index is 0.0742. The van der Waals surface area contributed by atoms with Gasteiger partial charge in [0.05, 0.1) is 0 Å². The molecule has 0 aliphatic carbocycles. The van der Waals surface area contributed by atoms with Crippen LogP contribution in [0, 0.1) is 0 Å². The Morgan fingerprint density at radius 3 is 2.52 bits per heavy atom. The van der Waals surface area contributed by atoms with Crippen molar-refractivity contribution in [3.8, 4) is 0 Å². The van der Waals surface area contributed by atoms with Gasteiger partial charge in [0.15, 0.2) is 0 Å². The number of amides is 1. The summed E-state index contributed by atoms with van der Waals surface area (Å²) in [7, 11) is -3.59. The Labute approximate surface area is 162 Å². The molecule has 7 heteroatoms. The van der Waals surface area contributed by atoms with E-state index in [1.807, 2.05) is 18.2 Å². The van der Waals surface area contributed by atoms with Crippen molar-refractivity contribution in [1.29, 1.82) is 0 Å². The molecule has 0 saturated heterocycles. The fourth-order valence-corrected chi connectivity index (χ4v) is 5.25. The molecule has 1 aliphatic rings. The third-order valence-electron chi connectivity index (χ3n) is 4.50. The predicted octanol–water partition coefficient (Wildman–Crippen LogP) is 4.14. The molecule has 2 heterocycles. The first-order valence-electron chi connectivity index (χ1n) is 8.61. The summed E-state index contributed by atoms with van der Waals surface area (Å²) < 4.78 is 27.4. The highest BCUT2D eigenvalue weighted by molar-refractivity contribution is 7.94. The van der Waals surface area contributed by atoms with E-state index < -0.39 is 10.0 Å². The van der Waals surface area contributed by atoms with Crippen LogP contribution in [0.3, 0.4) is 0 Å². The molecule has 1 N–H and O–H groups in total. The van der Waals surface area contributed by atoms with Crippen LogP contribution in [0.5, 0.6) is 0 Å². The highest BCUT2D eigenvalue weighted by Crippen LogP contribution is 2.28. The first-order chi connectivity index (χ1) is 13.0. The van der Waals surface area contributed by atoms with Gasteiger partial charge in [-0.3, -0.25) is 9.52 Å². The van der Waals surface area contributed by atoms with Gasteiger partial charge in [-0.25, -0.2) is 8.42 Å². The van der Waals surface area contributed by atoms with E-state index in [0.29, 0.717) is 17.8 Å². The van der Waals surface area contributed by atoms with Gasteiger partial charge in [-0.2, -0.15) is 0 Å². The number of fused-ring (bicyclic) bond motifs is 1. The number of nitrogens with one attached hydrogen (secondary N) is 1. The van der Waals surface area contributed by atoms with Gasteiger partial charge in [-0.05, 0) is 60.2 Å². The lowest BCUT2D eigenvalue weighted by atomic mass is 10.0. The Hall–Kier alpha value is -2.64. The van der Waals surface area contributed by atoms with Gasteiger partial charge in [-0.15, -0.1) is 11.3 Å². The number of nitrogens with zero attached hydrogens (tertiary/aromatic N) is 1. The van der Waals surface area contributed by atoms with Crippen molar-refractivity contribution in [3.05, 3.63) is 77.2 Å². The molecule has 0 spiro atoms. The van der Waals surface area contributed by atoms with Gasteiger partial charge in [0, 0.05) is 23.5 Å². The molecule has 0 fully saturated rings. The molecular formula is C20H18N2O3S2. The maximum atomic E-state index is 12.9. The van der Waals surface area contributed by atoms with Crippen molar-refractivity contribution in [2.24, 2.45) is 0 Å². The average Bonchev–Trinajstić information content (AvgIpc) is 3.23. The van der Waals surface area contributed by atoms with E-state index in [0.717, 1.165) is 29.9 Å². The molecule has 0 unspecified atom stereocenters. The zero-order chi connectivity index (χ0) is 18.9. The third-order valence-corrected chi connectivity index (χ3v) is 7.28. The molecule has 27 heavy (non-hydrogen) atoms. The third kappa shape index (κ3) is 3.61. The first kappa shape index (κ1) is 17.8. The molecule has 2 aromatic carbocycles. The Morgan fingerprint density at radius 2 is 1.78 bits per heavy atom. The second kappa shape index (κ2) is 7.17. The van der Waals surface area contributed by atoms with Crippen LogP contribution in [0.4, 0.5) is 11.4 Å². The van der Waals surface area contributed by atoms with E-state index in [9.17, 15) is 13.2 Å². The largest absolute Gasteiger partial charge is 0.308 e. The Balaban J connectivity index is 1.54. The molecule has 4 rings (SSSR count).